The number of hydrogen-bond donors (Lipinski definition) is 1. The summed E-state index contributed by atoms with van der Waals surface area (Å²) in [6, 6.07) is 4.65. The molecule has 0 radical (unpaired) electrons. The summed E-state index contributed by atoms with van der Waals surface area (Å²) >= 11 is 5.76. The van der Waals surface area contributed by atoms with Gasteiger partial charge in [-0.05, 0) is 31.5 Å². The van der Waals surface area contributed by atoms with Gasteiger partial charge in [0.05, 0.1) is 6.10 Å². The first kappa shape index (κ1) is 13.8. The van der Waals surface area contributed by atoms with Crippen LogP contribution in [0.4, 0.5) is 0 Å². The molecule has 0 saturated heterocycles. The lowest BCUT2D eigenvalue weighted by molar-refractivity contribution is 0.0689. The molecule has 0 fully saturated rings. The van der Waals surface area contributed by atoms with Crippen molar-refractivity contribution in [3.63, 3.8) is 0 Å². The van der Waals surface area contributed by atoms with Crippen LogP contribution < -0.4 is 4.74 Å². The molecule has 0 aliphatic rings. The summed E-state index contributed by atoms with van der Waals surface area (Å²) in [5.74, 6) is -0.643. The van der Waals surface area contributed by atoms with E-state index in [1.165, 1.54) is 6.07 Å². The molecule has 1 aromatic rings. The number of rotatable bonds is 6. The summed E-state index contributed by atoms with van der Waals surface area (Å²) in [5.41, 5.74) is 0.112. The van der Waals surface area contributed by atoms with E-state index in [-0.39, 0.29) is 11.7 Å². The second-order valence-corrected chi connectivity index (χ2v) is 4.45. The maximum Gasteiger partial charge on any atom is 0.339 e. The highest BCUT2D eigenvalue weighted by molar-refractivity contribution is 6.31. The van der Waals surface area contributed by atoms with Crippen molar-refractivity contribution < 1.29 is 14.6 Å². The Morgan fingerprint density at radius 2 is 2.24 bits per heavy atom. The summed E-state index contributed by atoms with van der Waals surface area (Å²) in [4.78, 5) is 11.0. The minimum atomic E-state index is -1.02. The van der Waals surface area contributed by atoms with Crippen LogP contribution in [-0.2, 0) is 0 Å². The number of carboxylic acids is 1. The van der Waals surface area contributed by atoms with Crippen LogP contribution in [0, 0.1) is 0 Å². The molecule has 0 saturated carbocycles. The first-order valence-corrected chi connectivity index (χ1v) is 6.12. The predicted molar refractivity (Wildman–Crippen MR) is 68.0 cm³/mol. The highest BCUT2D eigenvalue weighted by atomic mass is 35.5. The van der Waals surface area contributed by atoms with Crippen LogP contribution in [0.25, 0.3) is 0 Å². The molecule has 3 nitrogen and oxygen atoms in total. The number of ether oxygens (including phenoxy) is 1. The molecule has 0 heterocycles. The molecular weight excluding hydrogens is 240 g/mol. The van der Waals surface area contributed by atoms with E-state index in [1.807, 2.05) is 6.92 Å². The lowest BCUT2D eigenvalue weighted by Crippen LogP contribution is -2.13. The largest absolute Gasteiger partial charge is 0.490 e. The molecule has 0 bridgehead atoms. The van der Waals surface area contributed by atoms with Gasteiger partial charge in [-0.15, -0.1) is 0 Å². The van der Waals surface area contributed by atoms with E-state index in [1.54, 1.807) is 12.1 Å². The zero-order chi connectivity index (χ0) is 12.8. The number of halogens is 1. The van der Waals surface area contributed by atoms with Crippen molar-refractivity contribution in [1.29, 1.82) is 0 Å². The normalized spacial score (nSPS) is 12.2. The van der Waals surface area contributed by atoms with Crippen LogP contribution in [0.3, 0.4) is 0 Å². The van der Waals surface area contributed by atoms with Gasteiger partial charge in [0, 0.05) is 5.02 Å². The molecule has 1 unspecified atom stereocenters. The number of benzene rings is 1. The Morgan fingerprint density at radius 3 is 2.82 bits per heavy atom. The smallest absolute Gasteiger partial charge is 0.339 e. The zero-order valence-electron chi connectivity index (χ0n) is 10.1. The fraction of sp³-hybridized carbons (Fsp3) is 0.462. The van der Waals surface area contributed by atoms with Crippen LogP contribution in [-0.4, -0.2) is 17.2 Å². The Labute approximate surface area is 106 Å². The molecule has 0 aromatic heterocycles. The first-order valence-electron chi connectivity index (χ1n) is 5.74. The van der Waals surface area contributed by atoms with Crippen molar-refractivity contribution in [2.75, 3.05) is 0 Å². The molecule has 1 atom stereocenters. The van der Waals surface area contributed by atoms with E-state index < -0.39 is 5.97 Å². The number of unbranched alkanes of at least 4 members (excludes halogenated alkanes) is 1. The van der Waals surface area contributed by atoms with Crippen LogP contribution in [0.1, 0.15) is 43.5 Å². The third kappa shape index (κ3) is 4.27. The Hall–Kier alpha value is -1.22. The van der Waals surface area contributed by atoms with E-state index >= 15 is 0 Å². The second-order valence-electron chi connectivity index (χ2n) is 4.02. The van der Waals surface area contributed by atoms with Crippen molar-refractivity contribution in [3.8, 4) is 5.75 Å². The van der Waals surface area contributed by atoms with Crippen LogP contribution in [0.2, 0.25) is 5.02 Å². The van der Waals surface area contributed by atoms with Gasteiger partial charge >= 0.3 is 5.97 Å². The predicted octanol–water partition coefficient (Wildman–Crippen LogP) is 4.00. The third-order valence-electron chi connectivity index (χ3n) is 2.46. The molecular formula is C13H17ClO3. The van der Waals surface area contributed by atoms with E-state index in [2.05, 4.69) is 6.92 Å². The van der Waals surface area contributed by atoms with Gasteiger partial charge in [0.1, 0.15) is 11.3 Å². The van der Waals surface area contributed by atoms with Gasteiger partial charge < -0.3 is 9.84 Å². The summed E-state index contributed by atoms with van der Waals surface area (Å²) in [6.07, 6.45) is 3.09. The molecule has 1 N–H and O–H groups in total. The minimum absolute atomic E-state index is 0.00854. The molecule has 0 aliphatic heterocycles. The van der Waals surface area contributed by atoms with E-state index in [9.17, 15) is 4.79 Å². The van der Waals surface area contributed by atoms with E-state index in [0.29, 0.717) is 10.8 Å². The summed E-state index contributed by atoms with van der Waals surface area (Å²) in [6.45, 7) is 4.05. The van der Waals surface area contributed by atoms with Gasteiger partial charge in [0.2, 0.25) is 0 Å². The second kappa shape index (κ2) is 6.50. The molecule has 0 amide bonds. The van der Waals surface area contributed by atoms with Crippen molar-refractivity contribution in [3.05, 3.63) is 28.8 Å². The monoisotopic (exact) mass is 256 g/mol. The Morgan fingerprint density at radius 1 is 1.53 bits per heavy atom. The Kier molecular flexibility index (Phi) is 5.29. The van der Waals surface area contributed by atoms with Gasteiger partial charge in [-0.3, -0.25) is 0 Å². The van der Waals surface area contributed by atoms with Crippen molar-refractivity contribution in [2.45, 2.75) is 39.2 Å². The average Bonchev–Trinajstić information content (AvgIpc) is 2.28. The minimum Gasteiger partial charge on any atom is -0.490 e. The zero-order valence-corrected chi connectivity index (χ0v) is 10.8. The highest BCUT2D eigenvalue weighted by Crippen LogP contribution is 2.24. The fourth-order valence-electron chi connectivity index (χ4n) is 1.54. The van der Waals surface area contributed by atoms with Crippen molar-refractivity contribution >= 4 is 17.6 Å². The maximum absolute atomic E-state index is 11.0. The third-order valence-corrected chi connectivity index (χ3v) is 2.70. The molecule has 1 rings (SSSR count). The maximum atomic E-state index is 11.0. The number of carboxylic acid groups (broad SMARTS) is 1. The van der Waals surface area contributed by atoms with Crippen LogP contribution in [0.5, 0.6) is 5.75 Å². The molecule has 4 heteroatoms. The van der Waals surface area contributed by atoms with Gasteiger partial charge in [0.25, 0.3) is 0 Å². The Bertz CT molecular complexity index is 390. The average molecular weight is 257 g/mol. The summed E-state index contributed by atoms with van der Waals surface area (Å²) in [7, 11) is 0. The standard InChI is InChI=1S/C13H17ClO3/c1-3-4-5-9(2)17-12-7-6-10(14)8-11(12)13(15)16/h6-9H,3-5H2,1-2H3,(H,15,16). The molecule has 17 heavy (non-hydrogen) atoms. The molecule has 1 aromatic carbocycles. The quantitative estimate of drug-likeness (QED) is 0.837. The lowest BCUT2D eigenvalue weighted by atomic mass is 10.1. The Balaban J connectivity index is 2.79. The van der Waals surface area contributed by atoms with Crippen LogP contribution in [0.15, 0.2) is 18.2 Å². The SMILES string of the molecule is CCCCC(C)Oc1ccc(Cl)cc1C(=O)O. The molecule has 0 aliphatic carbocycles. The summed E-state index contributed by atoms with van der Waals surface area (Å²) < 4.78 is 5.62. The topological polar surface area (TPSA) is 46.5 Å². The van der Waals surface area contributed by atoms with Crippen LogP contribution >= 0.6 is 11.6 Å². The van der Waals surface area contributed by atoms with E-state index in [0.717, 1.165) is 19.3 Å². The summed E-state index contributed by atoms with van der Waals surface area (Å²) in [5, 5.41) is 9.44. The number of aromatic carboxylic acids is 1. The van der Waals surface area contributed by atoms with Gasteiger partial charge in [-0.1, -0.05) is 31.4 Å². The van der Waals surface area contributed by atoms with E-state index in [4.69, 9.17) is 21.4 Å². The van der Waals surface area contributed by atoms with Crippen molar-refractivity contribution in [2.24, 2.45) is 0 Å². The molecule has 94 valence electrons. The van der Waals surface area contributed by atoms with Gasteiger partial charge in [-0.25, -0.2) is 4.79 Å². The molecule has 0 spiro atoms. The van der Waals surface area contributed by atoms with Crippen molar-refractivity contribution in [1.82, 2.24) is 0 Å². The number of carbonyl (C=O) groups is 1. The van der Waals surface area contributed by atoms with Gasteiger partial charge in [0.15, 0.2) is 0 Å². The number of hydrogen-bond acceptors (Lipinski definition) is 2. The first-order chi connectivity index (χ1) is 8.04. The van der Waals surface area contributed by atoms with Gasteiger partial charge in [-0.2, -0.15) is 0 Å². The fourth-order valence-corrected chi connectivity index (χ4v) is 1.71. The highest BCUT2D eigenvalue weighted by Gasteiger charge is 2.14. The lowest BCUT2D eigenvalue weighted by Gasteiger charge is -2.16.